The van der Waals surface area contributed by atoms with E-state index in [4.69, 9.17) is 4.74 Å². The summed E-state index contributed by atoms with van der Waals surface area (Å²) >= 11 is 0. The Balaban J connectivity index is 1.96. The maximum absolute atomic E-state index is 13.1. The van der Waals surface area contributed by atoms with Gasteiger partial charge in [-0.05, 0) is 51.1 Å². The zero-order valence-corrected chi connectivity index (χ0v) is 15.1. The van der Waals surface area contributed by atoms with Crippen molar-refractivity contribution in [2.24, 2.45) is 0 Å². The molecule has 7 heteroatoms. The normalized spacial score (nSPS) is 11.9. The first kappa shape index (κ1) is 17.1. The largest absolute Gasteiger partial charge is 0.443 e. The average Bonchev–Trinajstić information content (AvgIpc) is 2.94. The lowest BCUT2D eigenvalue weighted by atomic mass is 10.1. The Morgan fingerprint density at radius 3 is 2.59 bits per heavy atom. The van der Waals surface area contributed by atoms with Gasteiger partial charge in [0, 0.05) is 34.9 Å². The van der Waals surface area contributed by atoms with Crippen LogP contribution in [-0.2, 0) is 4.74 Å². The molecule has 0 aliphatic heterocycles. The molecule has 4 aromatic rings. The fourth-order valence-electron chi connectivity index (χ4n) is 2.91. The van der Waals surface area contributed by atoms with Gasteiger partial charge in [-0.3, -0.25) is 4.98 Å². The molecule has 0 amide bonds. The molecule has 4 heterocycles. The molecule has 0 saturated heterocycles. The van der Waals surface area contributed by atoms with Crippen LogP contribution in [0.15, 0.2) is 48.9 Å². The number of ether oxygens (including phenoxy) is 1. The van der Waals surface area contributed by atoms with E-state index in [9.17, 15) is 9.18 Å². The standard InChI is InChI=1S/C20H17FN4O2/c1-20(2,3)27-19(26)25-16-8-9-22-11-14(16)13-5-6-15(24-18(13)25)12-4-7-17(21)23-10-12/h4-11H,1-3H3. The number of halogens is 1. The van der Waals surface area contributed by atoms with Gasteiger partial charge in [-0.15, -0.1) is 0 Å². The molecule has 0 N–H and O–H groups in total. The molecule has 0 aliphatic carbocycles. The number of hydrogen-bond donors (Lipinski definition) is 0. The van der Waals surface area contributed by atoms with E-state index in [1.165, 1.54) is 16.8 Å². The molecule has 0 aliphatic rings. The van der Waals surface area contributed by atoms with Crippen molar-refractivity contribution >= 4 is 28.0 Å². The summed E-state index contributed by atoms with van der Waals surface area (Å²) in [4.78, 5) is 25.3. The molecule has 0 fully saturated rings. The SMILES string of the molecule is CC(C)(C)OC(=O)n1c2ccncc2c2ccc(-c3ccc(F)nc3)nc21. The van der Waals surface area contributed by atoms with Crippen LogP contribution in [0.4, 0.5) is 9.18 Å². The molecule has 0 aromatic carbocycles. The van der Waals surface area contributed by atoms with E-state index in [-0.39, 0.29) is 0 Å². The Bertz CT molecular complexity index is 1160. The molecular formula is C20H17FN4O2. The van der Waals surface area contributed by atoms with Crippen LogP contribution in [0.2, 0.25) is 0 Å². The van der Waals surface area contributed by atoms with Crippen LogP contribution in [0, 0.1) is 5.95 Å². The van der Waals surface area contributed by atoms with Gasteiger partial charge in [0.1, 0.15) is 5.60 Å². The van der Waals surface area contributed by atoms with Gasteiger partial charge in [0.15, 0.2) is 5.65 Å². The van der Waals surface area contributed by atoms with E-state index < -0.39 is 17.6 Å². The van der Waals surface area contributed by atoms with E-state index >= 15 is 0 Å². The second kappa shape index (κ2) is 6.12. The topological polar surface area (TPSA) is 69.9 Å². The number of aromatic nitrogens is 4. The van der Waals surface area contributed by atoms with Crippen molar-refractivity contribution < 1.29 is 13.9 Å². The highest BCUT2D eigenvalue weighted by Crippen LogP contribution is 2.30. The van der Waals surface area contributed by atoms with E-state index in [1.807, 2.05) is 32.9 Å². The summed E-state index contributed by atoms with van der Waals surface area (Å²) in [5, 5.41) is 1.58. The minimum Gasteiger partial charge on any atom is -0.443 e. The average molecular weight is 364 g/mol. The van der Waals surface area contributed by atoms with Crippen LogP contribution in [0.25, 0.3) is 33.2 Å². The summed E-state index contributed by atoms with van der Waals surface area (Å²) < 4.78 is 20.1. The maximum Gasteiger partial charge on any atom is 0.420 e. The third-order valence-electron chi connectivity index (χ3n) is 4.02. The van der Waals surface area contributed by atoms with Gasteiger partial charge in [-0.1, -0.05) is 0 Å². The van der Waals surface area contributed by atoms with Gasteiger partial charge >= 0.3 is 6.09 Å². The minimum atomic E-state index is -0.647. The van der Waals surface area contributed by atoms with Gasteiger partial charge in [-0.25, -0.2) is 19.3 Å². The summed E-state index contributed by atoms with van der Waals surface area (Å²) in [6, 6.07) is 8.29. The summed E-state index contributed by atoms with van der Waals surface area (Å²) in [5.74, 6) is -0.561. The van der Waals surface area contributed by atoms with Crippen molar-refractivity contribution in [3.8, 4) is 11.3 Å². The minimum absolute atomic E-state index is 0.453. The van der Waals surface area contributed by atoms with Crippen molar-refractivity contribution in [3.63, 3.8) is 0 Å². The van der Waals surface area contributed by atoms with E-state index in [1.54, 1.807) is 24.5 Å². The lowest BCUT2D eigenvalue weighted by Gasteiger charge is -2.20. The Labute approximate surface area is 154 Å². The Kier molecular flexibility index (Phi) is 3.87. The summed E-state index contributed by atoms with van der Waals surface area (Å²) in [6.07, 6.45) is 4.20. The van der Waals surface area contributed by atoms with Crippen LogP contribution in [0.1, 0.15) is 20.8 Å². The van der Waals surface area contributed by atoms with E-state index in [0.29, 0.717) is 22.4 Å². The first-order chi connectivity index (χ1) is 12.8. The van der Waals surface area contributed by atoms with Gasteiger partial charge < -0.3 is 4.74 Å². The molecule has 0 atom stereocenters. The third kappa shape index (κ3) is 3.12. The highest BCUT2D eigenvalue weighted by Gasteiger charge is 2.23. The first-order valence-corrected chi connectivity index (χ1v) is 8.44. The Morgan fingerprint density at radius 2 is 1.89 bits per heavy atom. The molecule has 136 valence electrons. The predicted molar refractivity (Wildman–Crippen MR) is 99.9 cm³/mol. The Morgan fingerprint density at radius 1 is 1.07 bits per heavy atom. The van der Waals surface area contributed by atoms with Crippen molar-refractivity contribution in [3.05, 3.63) is 54.9 Å². The fraction of sp³-hybridized carbons (Fsp3) is 0.200. The van der Waals surface area contributed by atoms with Gasteiger partial charge in [-0.2, -0.15) is 4.39 Å². The fourth-order valence-corrected chi connectivity index (χ4v) is 2.91. The molecule has 0 radical (unpaired) electrons. The highest BCUT2D eigenvalue weighted by atomic mass is 19.1. The van der Waals surface area contributed by atoms with Crippen molar-refractivity contribution in [2.75, 3.05) is 0 Å². The lowest BCUT2D eigenvalue weighted by molar-refractivity contribution is 0.0550. The first-order valence-electron chi connectivity index (χ1n) is 8.44. The number of pyridine rings is 3. The van der Waals surface area contributed by atoms with Crippen LogP contribution in [0.3, 0.4) is 0 Å². The maximum atomic E-state index is 13.1. The number of rotatable bonds is 1. The molecule has 0 saturated carbocycles. The second-order valence-electron chi connectivity index (χ2n) is 7.15. The molecule has 4 rings (SSSR count). The van der Waals surface area contributed by atoms with Crippen molar-refractivity contribution in [2.45, 2.75) is 26.4 Å². The van der Waals surface area contributed by atoms with E-state index in [0.717, 1.165) is 10.8 Å². The summed E-state index contributed by atoms with van der Waals surface area (Å²) in [7, 11) is 0. The number of nitrogens with zero attached hydrogens (tertiary/aromatic N) is 4. The number of hydrogen-bond acceptors (Lipinski definition) is 5. The quantitative estimate of drug-likeness (QED) is 0.463. The molecule has 6 nitrogen and oxygen atoms in total. The van der Waals surface area contributed by atoms with Gasteiger partial charge in [0.25, 0.3) is 0 Å². The monoisotopic (exact) mass is 364 g/mol. The van der Waals surface area contributed by atoms with Gasteiger partial charge in [0.2, 0.25) is 5.95 Å². The molecule has 0 bridgehead atoms. The lowest BCUT2D eigenvalue weighted by Crippen LogP contribution is -2.27. The molecular weight excluding hydrogens is 347 g/mol. The zero-order valence-electron chi connectivity index (χ0n) is 15.1. The van der Waals surface area contributed by atoms with Crippen LogP contribution >= 0.6 is 0 Å². The van der Waals surface area contributed by atoms with E-state index in [2.05, 4.69) is 15.0 Å². The highest BCUT2D eigenvalue weighted by molar-refractivity contribution is 6.11. The van der Waals surface area contributed by atoms with Crippen molar-refractivity contribution in [1.29, 1.82) is 0 Å². The third-order valence-corrected chi connectivity index (χ3v) is 4.02. The molecule has 27 heavy (non-hydrogen) atoms. The van der Waals surface area contributed by atoms with Crippen molar-refractivity contribution in [1.82, 2.24) is 19.5 Å². The van der Waals surface area contributed by atoms with Crippen LogP contribution in [0.5, 0.6) is 0 Å². The number of carbonyl (C=O) groups excluding carboxylic acids is 1. The van der Waals surface area contributed by atoms with Gasteiger partial charge in [0.05, 0.1) is 11.2 Å². The number of fused-ring (bicyclic) bond motifs is 3. The Hall–Kier alpha value is -3.35. The zero-order chi connectivity index (χ0) is 19.2. The second-order valence-corrected chi connectivity index (χ2v) is 7.15. The summed E-state index contributed by atoms with van der Waals surface area (Å²) in [5.41, 5.74) is 1.70. The van der Waals surface area contributed by atoms with Crippen LogP contribution in [-0.4, -0.2) is 31.2 Å². The molecule has 4 aromatic heterocycles. The molecule has 0 unspecified atom stereocenters. The predicted octanol–water partition coefficient (Wildman–Crippen LogP) is 4.57. The smallest absolute Gasteiger partial charge is 0.420 e. The molecule has 0 spiro atoms. The van der Waals surface area contributed by atoms with Crippen LogP contribution < -0.4 is 0 Å². The number of carbonyl (C=O) groups is 1. The summed E-state index contributed by atoms with van der Waals surface area (Å²) in [6.45, 7) is 5.43.